The monoisotopic (exact) mass is 337 g/mol. The van der Waals surface area contributed by atoms with Crippen LogP contribution in [0.1, 0.15) is 4.88 Å². The second-order valence-corrected chi connectivity index (χ2v) is 5.90. The van der Waals surface area contributed by atoms with Crippen molar-refractivity contribution in [3.63, 3.8) is 0 Å². The van der Waals surface area contributed by atoms with Crippen LogP contribution in [0.25, 0.3) is 6.08 Å². The maximum atomic E-state index is 11.9. The van der Waals surface area contributed by atoms with Crippen molar-refractivity contribution >= 4 is 52.1 Å². The van der Waals surface area contributed by atoms with Crippen LogP contribution in [-0.4, -0.2) is 37.1 Å². The number of ether oxygens (including phenoxy) is 2. The molecule has 0 spiro atoms. The number of hydrogen-bond acceptors (Lipinski definition) is 7. The SMILES string of the molecule is COC(=O)/C=C(/C(=O)OC)C1=NC(=O)S/C1=C\c1cccs1. The molecule has 1 aliphatic rings. The Bertz CT molecular complexity index is 701. The van der Waals surface area contributed by atoms with E-state index >= 15 is 0 Å². The van der Waals surface area contributed by atoms with Crippen LogP contribution < -0.4 is 0 Å². The summed E-state index contributed by atoms with van der Waals surface area (Å²) in [6.07, 6.45) is 2.69. The van der Waals surface area contributed by atoms with E-state index in [0.717, 1.165) is 22.7 Å². The Morgan fingerprint density at radius 1 is 1.27 bits per heavy atom. The third-order valence-corrected chi connectivity index (χ3v) is 4.19. The lowest BCUT2D eigenvalue weighted by Crippen LogP contribution is -2.16. The molecule has 0 saturated carbocycles. The largest absolute Gasteiger partial charge is 0.466 e. The van der Waals surface area contributed by atoms with Gasteiger partial charge in [0.2, 0.25) is 0 Å². The molecule has 0 aromatic carbocycles. The third-order valence-electron chi connectivity index (χ3n) is 2.57. The number of amides is 1. The van der Waals surface area contributed by atoms with Crippen LogP contribution in [0.2, 0.25) is 0 Å². The van der Waals surface area contributed by atoms with E-state index in [0.29, 0.717) is 4.91 Å². The molecule has 0 aliphatic carbocycles. The van der Waals surface area contributed by atoms with Gasteiger partial charge in [-0.1, -0.05) is 6.07 Å². The number of thioether (sulfide) groups is 1. The third kappa shape index (κ3) is 3.71. The molecule has 0 radical (unpaired) electrons. The van der Waals surface area contributed by atoms with E-state index in [1.54, 1.807) is 6.08 Å². The van der Waals surface area contributed by atoms with Gasteiger partial charge in [-0.2, -0.15) is 0 Å². The number of allylic oxidation sites excluding steroid dienone is 1. The van der Waals surface area contributed by atoms with Gasteiger partial charge >= 0.3 is 17.2 Å². The molecule has 1 aromatic heterocycles. The fourth-order valence-electron chi connectivity index (χ4n) is 1.62. The zero-order valence-electron chi connectivity index (χ0n) is 11.7. The lowest BCUT2D eigenvalue weighted by Gasteiger charge is -2.05. The second-order valence-electron chi connectivity index (χ2n) is 3.93. The normalized spacial score (nSPS) is 16.6. The first-order chi connectivity index (χ1) is 10.5. The number of aliphatic imine (C=N–C) groups is 1. The standard InChI is InChI=1S/C14H11NO5S2/c1-19-11(16)7-9(13(17)20-2)12-10(22-14(18)15-12)6-8-4-3-5-21-8/h3-7H,1-2H3/b9-7+,10-6-. The van der Waals surface area contributed by atoms with Gasteiger partial charge in [-0.05, 0) is 29.3 Å². The van der Waals surface area contributed by atoms with Crippen molar-refractivity contribution in [3.8, 4) is 0 Å². The van der Waals surface area contributed by atoms with Crippen LogP contribution in [0.15, 0.2) is 39.1 Å². The van der Waals surface area contributed by atoms with E-state index in [1.165, 1.54) is 25.6 Å². The summed E-state index contributed by atoms with van der Waals surface area (Å²) in [4.78, 5) is 40.1. The number of hydrogen-bond donors (Lipinski definition) is 0. The lowest BCUT2D eigenvalue weighted by molar-refractivity contribution is -0.138. The molecule has 0 bridgehead atoms. The number of rotatable bonds is 4. The van der Waals surface area contributed by atoms with Crippen molar-refractivity contribution in [1.29, 1.82) is 0 Å². The molecule has 0 unspecified atom stereocenters. The van der Waals surface area contributed by atoms with Gasteiger partial charge in [0.05, 0.1) is 25.5 Å². The average Bonchev–Trinajstić information content (AvgIpc) is 3.14. The molecule has 2 heterocycles. The number of carbonyl (C=O) groups is 3. The molecule has 0 atom stereocenters. The van der Waals surface area contributed by atoms with E-state index in [2.05, 4.69) is 14.5 Å². The zero-order chi connectivity index (χ0) is 16.1. The summed E-state index contributed by atoms with van der Waals surface area (Å²) >= 11 is 2.36. The maximum Gasteiger partial charge on any atom is 0.340 e. The van der Waals surface area contributed by atoms with E-state index in [4.69, 9.17) is 0 Å². The topological polar surface area (TPSA) is 82.0 Å². The Labute approximate surface area is 134 Å². The van der Waals surface area contributed by atoms with Gasteiger partial charge in [0.25, 0.3) is 0 Å². The first kappa shape index (κ1) is 16.2. The summed E-state index contributed by atoms with van der Waals surface area (Å²) < 4.78 is 9.16. The minimum Gasteiger partial charge on any atom is -0.466 e. The second kappa shape index (κ2) is 7.19. The van der Waals surface area contributed by atoms with Crippen molar-refractivity contribution in [2.75, 3.05) is 14.2 Å². The van der Waals surface area contributed by atoms with E-state index in [-0.39, 0.29) is 11.3 Å². The van der Waals surface area contributed by atoms with Crippen LogP contribution in [0.5, 0.6) is 0 Å². The molecule has 8 heteroatoms. The molecule has 114 valence electrons. The predicted molar refractivity (Wildman–Crippen MR) is 84.8 cm³/mol. The van der Waals surface area contributed by atoms with Gasteiger partial charge in [-0.15, -0.1) is 11.3 Å². The lowest BCUT2D eigenvalue weighted by atomic mass is 10.1. The number of nitrogens with zero attached hydrogens (tertiary/aromatic N) is 1. The first-order valence-corrected chi connectivity index (χ1v) is 7.69. The number of thiophene rings is 1. The highest BCUT2D eigenvalue weighted by Gasteiger charge is 2.29. The summed E-state index contributed by atoms with van der Waals surface area (Å²) in [5, 5.41) is 1.42. The Balaban J connectivity index is 2.46. The van der Waals surface area contributed by atoms with Crippen molar-refractivity contribution in [2.45, 2.75) is 0 Å². The van der Waals surface area contributed by atoms with Crippen molar-refractivity contribution in [2.24, 2.45) is 4.99 Å². The van der Waals surface area contributed by atoms with Crippen LogP contribution in [0.3, 0.4) is 0 Å². The molecule has 2 rings (SSSR count). The zero-order valence-corrected chi connectivity index (χ0v) is 13.3. The summed E-state index contributed by atoms with van der Waals surface area (Å²) in [6.45, 7) is 0. The molecule has 0 saturated heterocycles. The van der Waals surface area contributed by atoms with Gasteiger partial charge in [0, 0.05) is 15.9 Å². The number of esters is 2. The van der Waals surface area contributed by atoms with Crippen molar-refractivity contribution in [1.82, 2.24) is 0 Å². The minimum absolute atomic E-state index is 0.112. The number of methoxy groups -OCH3 is 2. The van der Waals surface area contributed by atoms with Crippen LogP contribution in [-0.2, 0) is 19.1 Å². The highest BCUT2D eigenvalue weighted by Crippen LogP contribution is 2.33. The Kier molecular flexibility index (Phi) is 5.29. The summed E-state index contributed by atoms with van der Waals surface area (Å²) in [5.74, 6) is -1.50. The highest BCUT2D eigenvalue weighted by atomic mass is 32.2. The predicted octanol–water partition coefficient (Wildman–Crippen LogP) is 2.67. The van der Waals surface area contributed by atoms with Crippen molar-refractivity contribution in [3.05, 3.63) is 38.9 Å². The minimum atomic E-state index is -0.767. The quantitative estimate of drug-likeness (QED) is 0.620. The molecular weight excluding hydrogens is 326 g/mol. The fraction of sp³-hybridized carbons (Fsp3) is 0.143. The Morgan fingerprint density at radius 2 is 2.05 bits per heavy atom. The maximum absolute atomic E-state index is 11.9. The average molecular weight is 337 g/mol. The van der Waals surface area contributed by atoms with Crippen molar-refractivity contribution < 1.29 is 23.9 Å². The first-order valence-electron chi connectivity index (χ1n) is 5.99. The Morgan fingerprint density at radius 3 is 2.64 bits per heavy atom. The molecule has 1 amide bonds. The summed E-state index contributed by atoms with van der Waals surface area (Å²) in [7, 11) is 2.37. The molecule has 1 aliphatic heterocycles. The molecule has 0 fully saturated rings. The molecule has 1 aromatic rings. The molecule has 0 N–H and O–H groups in total. The van der Waals surface area contributed by atoms with Gasteiger partial charge in [0.1, 0.15) is 0 Å². The van der Waals surface area contributed by atoms with E-state index in [9.17, 15) is 14.4 Å². The fourth-order valence-corrected chi connectivity index (χ4v) is 3.11. The van der Waals surface area contributed by atoms with Crippen LogP contribution >= 0.6 is 23.1 Å². The van der Waals surface area contributed by atoms with Gasteiger partial charge < -0.3 is 9.47 Å². The van der Waals surface area contributed by atoms with E-state index in [1.807, 2.05) is 17.5 Å². The van der Waals surface area contributed by atoms with Gasteiger partial charge in [0.15, 0.2) is 0 Å². The number of carbonyl (C=O) groups excluding carboxylic acids is 3. The Hall–Kier alpha value is -2.19. The van der Waals surface area contributed by atoms with E-state index < -0.39 is 17.2 Å². The highest BCUT2D eigenvalue weighted by molar-refractivity contribution is 8.18. The molecule has 22 heavy (non-hydrogen) atoms. The molecular formula is C14H11NO5S2. The van der Waals surface area contributed by atoms with Crippen LogP contribution in [0.4, 0.5) is 4.79 Å². The summed E-state index contributed by atoms with van der Waals surface area (Å²) in [5.41, 5.74) is -0.00356. The van der Waals surface area contributed by atoms with Gasteiger partial charge in [-0.3, -0.25) is 4.79 Å². The molecule has 6 nitrogen and oxygen atoms in total. The summed E-state index contributed by atoms with van der Waals surface area (Å²) in [6, 6.07) is 3.72. The van der Waals surface area contributed by atoms with Crippen LogP contribution in [0, 0.1) is 0 Å². The van der Waals surface area contributed by atoms with Gasteiger partial charge in [-0.25, -0.2) is 14.6 Å². The smallest absolute Gasteiger partial charge is 0.340 e.